The predicted octanol–water partition coefficient (Wildman–Crippen LogP) is 4.82. The minimum absolute atomic E-state index is 0.0990. The fraction of sp³-hybridized carbons (Fsp3) is 0.111. The summed E-state index contributed by atoms with van der Waals surface area (Å²) in [5, 5.41) is 0. The molecule has 0 aliphatic carbocycles. The molecular formula is C18H13NO2S3. The van der Waals surface area contributed by atoms with Crippen LogP contribution in [0.3, 0.4) is 0 Å². The van der Waals surface area contributed by atoms with Crippen LogP contribution in [0.15, 0.2) is 41.3 Å². The van der Waals surface area contributed by atoms with E-state index >= 15 is 0 Å². The zero-order valence-electron chi connectivity index (χ0n) is 13.0. The lowest BCUT2D eigenvalue weighted by atomic mass is 10.2. The molecule has 0 spiro atoms. The second-order valence-corrected chi connectivity index (χ2v) is 7.91. The van der Waals surface area contributed by atoms with Crippen molar-refractivity contribution in [2.75, 3.05) is 4.90 Å². The van der Waals surface area contributed by atoms with Gasteiger partial charge in [0.2, 0.25) is 0 Å². The van der Waals surface area contributed by atoms with Gasteiger partial charge in [-0.25, -0.2) is 0 Å². The molecule has 3 nitrogen and oxygen atoms in total. The van der Waals surface area contributed by atoms with Gasteiger partial charge in [0.15, 0.2) is 4.32 Å². The van der Waals surface area contributed by atoms with Gasteiger partial charge in [-0.15, -0.1) is 11.3 Å². The van der Waals surface area contributed by atoms with Crippen LogP contribution in [-0.2, 0) is 4.79 Å². The van der Waals surface area contributed by atoms with Gasteiger partial charge in [0.05, 0.1) is 10.6 Å². The maximum absolute atomic E-state index is 12.7. The average Bonchev–Trinajstić information content (AvgIpc) is 3.10. The maximum Gasteiger partial charge on any atom is 0.270 e. The molecule has 0 saturated carbocycles. The Labute approximate surface area is 154 Å². The van der Waals surface area contributed by atoms with Crippen molar-refractivity contribution in [3.8, 4) is 17.8 Å². The van der Waals surface area contributed by atoms with Crippen molar-refractivity contribution < 1.29 is 9.53 Å². The molecule has 3 rings (SSSR count). The summed E-state index contributed by atoms with van der Waals surface area (Å²) < 4.78 is 5.75. The molecule has 2 heterocycles. The molecule has 1 aliphatic rings. The highest BCUT2D eigenvalue weighted by atomic mass is 32.2. The van der Waals surface area contributed by atoms with E-state index in [2.05, 4.69) is 12.0 Å². The van der Waals surface area contributed by atoms with Crippen LogP contribution < -0.4 is 9.64 Å². The van der Waals surface area contributed by atoms with Crippen LogP contribution in [0.2, 0.25) is 0 Å². The highest BCUT2D eigenvalue weighted by molar-refractivity contribution is 8.27. The lowest BCUT2D eigenvalue weighted by Crippen LogP contribution is -2.27. The van der Waals surface area contributed by atoms with Crippen LogP contribution in [0.1, 0.15) is 16.7 Å². The number of carbonyl (C=O) groups is 1. The van der Waals surface area contributed by atoms with E-state index in [1.807, 2.05) is 25.1 Å². The topological polar surface area (TPSA) is 29.5 Å². The number of amides is 1. The van der Waals surface area contributed by atoms with E-state index in [4.69, 9.17) is 17.0 Å². The second kappa shape index (κ2) is 7.22. The van der Waals surface area contributed by atoms with E-state index in [-0.39, 0.29) is 5.91 Å². The molecule has 0 N–H and O–H groups in total. The second-order valence-electron chi connectivity index (χ2n) is 4.91. The highest BCUT2D eigenvalue weighted by Crippen LogP contribution is 2.37. The minimum atomic E-state index is -0.0990. The molecule has 1 aliphatic heterocycles. The Morgan fingerprint density at radius 3 is 2.58 bits per heavy atom. The largest absolute Gasteiger partial charge is 0.408 e. The van der Waals surface area contributed by atoms with Gasteiger partial charge in [-0.3, -0.25) is 9.69 Å². The van der Waals surface area contributed by atoms with Crippen LogP contribution in [-0.4, -0.2) is 10.2 Å². The van der Waals surface area contributed by atoms with Crippen LogP contribution in [0.5, 0.6) is 5.75 Å². The Hall–Kier alpha value is -2.07. The molecule has 1 saturated heterocycles. The smallest absolute Gasteiger partial charge is 0.270 e. The van der Waals surface area contributed by atoms with Gasteiger partial charge in [0.25, 0.3) is 5.91 Å². The molecule has 0 unspecified atom stereocenters. The van der Waals surface area contributed by atoms with Crippen molar-refractivity contribution in [1.82, 2.24) is 0 Å². The number of hydrogen-bond acceptors (Lipinski definition) is 5. The number of benzene rings is 1. The first-order valence-electron chi connectivity index (χ1n) is 7.11. The SMILES string of the molecule is CC#COc1ccc(N2C(=O)/C(=C/c3ccc(C)s3)SC2=S)cc1. The molecule has 120 valence electrons. The Morgan fingerprint density at radius 2 is 1.96 bits per heavy atom. The number of hydrogen-bond donors (Lipinski definition) is 0. The van der Waals surface area contributed by atoms with E-state index in [1.165, 1.54) is 16.6 Å². The van der Waals surface area contributed by atoms with Gasteiger partial charge in [0, 0.05) is 16.7 Å². The van der Waals surface area contributed by atoms with E-state index in [1.54, 1.807) is 47.4 Å². The summed E-state index contributed by atoms with van der Waals surface area (Å²) in [5.41, 5.74) is 0.722. The number of thiocarbonyl (C=S) groups is 1. The predicted molar refractivity (Wildman–Crippen MR) is 105 cm³/mol. The number of anilines is 1. The zero-order chi connectivity index (χ0) is 17.1. The van der Waals surface area contributed by atoms with Crippen molar-refractivity contribution >= 4 is 57.3 Å². The summed E-state index contributed by atoms with van der Waals surface area (Å²) in [5.74, 6) is 3.19. The van der Waals surface area contributed by atoms with Gasteiger partial charge in [0.1, 0.15) is 11.9 Å². The molecule has 0 radical (unpaired) electrons. The van der Waals surface area contributed by atoms with Crippen molar-refractivity contribution in [2.24, 2.45) is 0 Å². The molecule has 1 aromatic carbocycles. The molecule has 2 aromatic rings. The Morgan fingerprint density at radius 1 is 1.21 bits per heavy atom. The van der Waals surface area contributed by atoms with Gasteiger partial charge >= 0.3 is 0 Å². The Bertz CT molecular complexity index is 885. The summed E-state index contributed by atoms with van der Waals surface area (Å²) in [6.45, 7) is 3.75. The zero-order valence-corrected chi connectivity index (χ0v) is 15.5. The average molecular weight is 372 g/mol. The highest BCUT2D eigenvalue weighted by Gasteiger charge is 2.33. The third-order valence-electron chi connectivity index (χ3n) is 3.19. The van der Waals surface area contributed by atoms with Gasteiger partial charge in [-0.1, -0.05) is 29.9 Å². The first-order chi connectivity index (χ1) is 11.6. The van der Waals surface area contributed by atoms with Crippen molar-refractivity contribution in [2.45, 2.75) is 13.8 Å². The monoisotopic (exact) mass is 371 g/mol. The standard InChI is InChI=1S/C18H13NO2S3/c1-3-10-21-14-7-5-13(6-8-14)19-17(20)16(24-18(19)22)11-15-9-4-12(2)23-15/h4-9,11H,1-2H3/b16-11-. The van der Waals surface area contributed by atoms with E-state index in [9.17, 15) is 4.79 Å². The molecule has 1 amide bonds. The fourth-order valence-corrected chi connectivity index (χ4v) is 4.31. The molecule has 6 heteroatoms. The van der Waals surface area contributed by atoms with Gasteiger partial charge in [-0.05, 0) is 49.4 Å². The summed E-state index contributed by atoms with van der Waals surface area (Å²) in [6.07, 6.45) is 4.43. The minimum Gasteiger partial charge on any atom is -0.408 e. The number of aryl methyl sites for hydroxylation is 1. The summed E-state index contributed by atoms with van der Waals surface area (Å²) in [7, 11) is 0. The lowest BCUT2D eigenvalue weighted by Gasteiger charge is -2.14. The summed E-state index contributed by atoms with van der Waals surface area (Å²) >= 11 is 8.35. The molecule has 0 bridgehead atoms. The molecule has 1 aromatic heterocycles. The Balaban J connectivity index is 1.83. The number of thiophene rings is 1. The van der Waals surface area contributed by atoms with Crippen molar-refractivity contribution in [3.63, 3.8) is 0 Å². The van der Waals surface area contributed by atoms with E-state index in [0.29, 0.717) is 15.0 Å². The van der Waals surface area contributed by atoms with Crippen molar-refractivity contribution in [3.05, 3.63) is 51.1 Å². The maximum atomic E-state index is 12.7. The quantitative estimate of drug-likeness (QED) is 0.439. The molecular weight excluding hydrogens is 358 g/mol. The van der Waals surface area contributed by atoms with Gasteiger partial charge in [-0.2, -0.15) is 0 Å². The number of thioether (sulfide) groups is 1. The third-order valence-corrected chi connectivity index (χ3v) is 5.44. The van der Waals surface area contributed by atoms with Crippen LogP contribution in [0.25, 0.3) is 6.08 Å². The summed E-state index contributed by atoms with van der Waals surface area (Å²) in [6, 6.07) is 11.2. The number of rotatable bonds is 3. The molecule has 1 fully saturated rings. The number of ether oxygens (including phenoxy) is 1. The molecule has 0 atom stereocenters. The fourth-order valence-electron chi connectivity index (χ4n) is 2.12. The van der Waals surface area contributed by atoms with Crippen LogP contribution in [0.4, 0.5) is 5.69 Å². The van der Waals surface area contributed by atoms with Gasteiger partial charge < -0.3 is 4.74 Å². The third kappa shape index (κ3) is 3.54. The number of nitrogens with zero attached hydrogens (tertiary/aromatic N) is 1. The Kier molecular flexibility index (Phi) is 5.05. The molecule has 24 heavy (non-hydrogen) atoms. The van der Waals surface area contributed by atoms with Crippen LogP contribution >= 0.6 is 35.3 Å². The van der Waals surface area contributed by atoms with Crippen molar-refractivity contribution in [1.29, 1.82) is 0 Å². The first kappa shape index (κ1) is 16.8. The number of carbonyl (C=O) groups excluding carboxylic acids is 1. The van der Waals surface area contributed by atoms with E-state index in [0.717, 1.165) is 10.6 Å². The summed E-state index contributed by atoms with van der Waals surface area (Å²) in [4.78, 5) is 17.1. The van der Waals surface area contributed by atoms with E-state index < -0.39 is 0 Å². The van der Waals surface area contributed by atoms with Crippen LogP contribution in [0, 0.1) is 19.0 Å². The normalized spacial score (nSPS) is 15.6. The first-order valence-corrected chi connectivity index (χ1v) is 9.15. The lowest BCUT2D eigenvalue weighted by molar-refractivity contribution is -0.113.